The summed E-state index contributed by atoms with van der Waals surface area (Å²) in [5.74, 6) is -1.13. The van der Waals surface area contributed by atoms with Gasteiger partial charge in [-0.3, -0.25) is 0 Å². The molecule has 116 valence electrons. The maximum absolute atomic E-state index is 12.8. The molecule has 0 fully saturated rings. The number of anilines is 1. The molecular weight excluding hydrogens is 287 g/mol. The maximum atomic E-state index is 12.8. The first-order valence-corrected chi connectivity index (χ1v) is 6.13. The van der Waals surface area contributed by atoms with E-state index < -0.39 is 18.2 Å². The minimum absolute atomic E-state index is 0.0959. The Balaban J connectivity index is 3.25. The number of ether oxygens (including phenoxy) is 1. The van der Waals surface area contributed by atoms with Crippen LogP contribution in [0.4, 0.5) is 18.9 Å². The first-order chi connectivity index (χ1) is 9.70. The minimum Gasteiger partial charge on any atom is -0.478 e. The zero-order valence-electron chi connectivity index (χ0n) is 11.6. The maximum Gasteiger partial charge on any atom is 0.418 e. The third-order valence-electron chi connectivity index (χ3n) is 2.95. The summed E-state index contributed by atoms with van der Waals surface area (Å²) in [7, 11) is 0.952. The van der Waals surface area contributed by atoms with Crippen molar-refractivity contribution in [2.75, 3.05) is 12.8 Å². The molecule has 0 unspecified atom stereocenters. The van der Waals surface area contributed by atoms with Crippen molar-refractivity contribution >= 4 is 17.2 Å². The van der Waals surface area contributed by atoms with Crippen LogP contribution >= 0.6 is 0 Å². The van der Waals surface area contributed by atoms with E-state index in [0.29, 0.717) is 17.6 Å². The second kappa shape index (κ2) is 6.62. The highest BCUT2D eigenvalue weighted by atomic mass is 19.4. The molecule has 0 saturated heterocycles. The number of carboxylic acid groups (broad SMARTS) is 1. The van der Waals surface area contributed by atoms with Gasteiger partial charge in [-0.05, 0) is 23.6 Å². The summed E-state index contributed by atoms with van der Waals surface area (Å²) in [4.78, 5) is 10.7. The Morgan fingerprint density at radius 2 is 2.10 bits per heavy atom. The molecule has 0 spiro atoms. The van der Waals surface area contributed by atoms with E-state index in [-0.39, 0.29) is 11.3 Å². The van der Waals surface area contributed by atoms with Gasteiger partial charge in [-0.2, -0.15) is 13.2 Å². The number of rotatable bonds is 5. The number of carbonyl (C=O) groups is 1. The Morgan fingerprint density at radius 3 is 2.48 bits per heavy atom. The lowest BCUT2D eigenvalue weighted by Gasteiger charge is -2.21. The summed E-state index contributed by atoms with van der Waals surface area (Å²) in [6, 6.07) is 3.94. The second-order valence-electron chi connectivity index (χ2n) is 4.36. The lowest BCUT2D eigenvalue weighted by atomic mass is 9.98. The molecule has 1 aromatic carbocycles. The number of benzene rings is 1. The molecule has 0 radical (unpaired) electrons. The van der Waals surface area contributed by atoms with E-state index in [1.165, 1.54) is 18.2 Å². The summed E-state index contributed by atoms with van der Waals surface area (Å²) in [6.45, 7) is 1.74. The largest absolute Gasteiger partial charge is 0.478 e. The first kappa shape index (κ1) is 17.0. The van der Waals surface area contributed by atoms with Crippen LogP contribution < -0.4 is 5.73 Å². The molecule has 0 aliphatic heterocycles. The van der Waals surface area contributed by atoms with Crippen LogP contribution in [0.3, 0.4) is 0 Å². The van der Waals surface area contributed by atoms with Gasteiger partial charge in [-0.1, -0.05) is 19.1 Å². The molecule has 3 N–H and O–H groups in total. The third-order valence-corrected chi connectivity index (χ3v) is 2.95. The van der Waals surface area contributed by atoms with Gasteiger partial charge < -0.3 is 15.6 Å². The van der Waals surface area contributed by atoms with E-state index in [1.807, 2.05) is 0 Å². The zero-order chi connectivity index (χ0) is 16.2. The molecule has 0 saturated carbocycles. The van der Waals surface area contributed by atoms with Crippen LogP contribution in [0, 0.1) is 0 Å². The monoisotopic (exact) mass is 303 g/mol. The van der Waals surface area contributed by atoms with Crippen molar-refractivity contribution in [1.29, 1.82) is 0 Å². The van der Waals surface area contributed by atoms with Crippen molar-refractivity contribution in [3.05, 3.63) is 35.4 Å². The Morgan fingerprint density at radius 1 is 1.48 bits per heavy atom. The summed E-state index contributed by atoms with van der Waals surface area (Å²) in [5, 5.41) is 8.76. The quantitative estimate of drug-likeness (QED) is 0.646. The van der Waals surface area contributed by atoms with Gasteiger partial charge in [0.25, 0.3) is 0 Å². The number of nitrogens with two attached hydrogens (primary N) is 1. The molecular formula is C14H16F3NO3. The molecule has 0 amide bonds. The minimum atomic E-state index is -4.57. The van der Waals surface area contributed by atoms with Gasteiger partial charge in [0.1, 0.15) is 0 Å². The standard InChI is InChI=1S/C14H16F3NO3/c1-3-8(7-12(19)20)9-4-5-10(11(18)6-9)13(21-2)14(15,16)17/h4-7,13H,3,18H2,1-2H3,(H,19,20)/b8-7+/t13-/m0/s1. The van der Waals surface area contributed by atoms with Crippen molar-refractivity contribution in [1.82, 2.24) is 0 Å². The molecule has 1 rings (SSSR count). The molecule has 7 heteroatoms. The van der Waals surface area contributed by atoms with E-state index in [0.717, 1.165) is 13.2 Å². The van der Waals surface area contributed by atoms with Crippen LogP contribution in [0.2, 0.25) is 0 Å². The first-order valence-electron chi connectivity index (χ1n) is 6.13. The Hall–Kier alpha value is -2.02. The molecule has 1 aromatic rings. The molecule has 0 aliphatic carbocycles. The summed E-state index contributed by atoms with van der Waals surface area (Å²) >= 11 is 0. The number of nitrogen functional groups attached to an aromatic ring is 1. The molecule has 0 aromatic heterocycles. The number of allylic oxidation sites excluding steroid dienone is 1. The predicted molar refractivity (Wildman–Crippen MR) is 72.6 cm³/mol. The van der Waals surface area contributed by atoms with Gasteiger partial charge in [-0.15, -0.1) is 0 Å². The van der Waals surface area contributed by atoms with Crippen molar-refractivity contribution in [3.63, 3.8) is 0 Å². The van der Waals surface area contributed by atoms with Crippen LogP contribution in [0.25, 0.3) is 5.57 Å². The highest BCUT2D eigenvalue weighted by Crippen LogP contribution is 2.38. The smallest absolute Gasteiger partial charge is 0.418 e. The van der Waals surface area contributed by atoms with Gasteiger partial charge in [0.2, 0.25) is 0 Å². The molecule has 1 atom stereocenters. The Labute approximate surface area is 120 Å². The lowest BCUT2D eigenvalue weighted by Crippen LogP contribution is -2.23. The molecule has 0 aliphatic rings. The number of halogens is 3. The van der Waals surface area contributed by atoms with E-state index >= 15 is 0 Å². The summed E-state index contributed by atoms with van der Waals surface area (Å²) < 4.78 is 42.9. The zero-order valence-corrected chi connectivity index (χ0v) is 11.6. The van der Waals surface area contributed by atoms with Crippen molar-refractivity contribution in [3.8, 4) is 0 Å². The predicted octanol–water partition coefficient (Wildman–Crippen LogP) is 3.40. The molecule has 0 bridgehead atoms. The van der Waals surface area contributed by atoms with Crippen LogP contribution in [-0.2, 0) is 9.53 Å². The van der Waals surface area contributed by atoms with Gasteiger partial charge in [0.15, 0.2) is 6.10 Å². The van der Waals surface area contributed by atoms with Gasteiger partial charge in [-0.25, -0.2) is 4.79 Å². The average Bonchev–Trinajstić information content (AvgIpc) is 2.36. The number of alkyl halides is 3. The van der Waals surface area contributed by atoms with Crippen LogP contribution in [0.15, 0.2) is 24.3 Å². The van der Waals surface area contributed by atoms with Crippen LogP contribution in [-0.4, -0.2) is 24.4 Å². The number of carboxylic acids is 1. The number of hydrogen-bond acceptors (Lipinski definition) is 3. The Kier molecular flexibility index (Phi) is 5.37. The highest BCUT2D eigenvalue weighted by molar-refractivity contribution is 5.90. The van der Waals surface area contributed by atoms with Gasteiger partial charge in [0.05, 0.1) is 0 Å². The van der Waals surface area contributed by atoms with Crippen LogP contribution in [0.1, 0.15) is 30.6 Å². The topological polar surface area (TPSA) is 72.5 Å². The van der Waals surface area contributed by atoms with E-state index in [4.69, 9.17) is 10.8 Å². The van der Waals surface area contributed by atoms with Gasteiger partial charge in [0, 0.05) is 24.4 Å². The van der Waals surface area contributed by atoms with E-state index in [2.05, 4.69) is 4.74 Å². The summed E-state index contributed by atoms with van der Waals surface area (Å²) in [6.07, 6.45) is -5.26. The van der Waals surface area contributed by atoms with Gasteiger partial charge >= 0.3 is 12.1 Å². The fraction of sp³-hybridized carbons (Fsp3) is 0.357. The number of aliphatic carboxylic acids is 1. The number of hydrogen-bond donors (Lipinski definition) is 2. The molecule has 21 heavy (non-hydrogen) atoms. The lowest BCUT2D eigenvalue weighted by molar-refractivity contribution is -0.215. The third kappa shape index (κ3) is 4.22. The fourth-order valence-electron chi connectivity index (χ4n) is 1.99. The molecule has 0 heterocycles. The fourth-order valence-corrected chi connectivity index (χ4v) is 1.99. The normalized spacial score (nSPS) is 14.0. The highest BCUT2D eigenvalue weighted by Gasteiger charge is 2.42. The average molecular weight is 303 g/mol. The Bertz CT molecular complexity index is 553. The number of methoxy groups -OCH3 is 1. The molecule has 4 nitrogen and oxygen atoms in total. The van der Waals surface area contributed by atoms with E-state index in [1.54, 1.807) is 6.92 Å². The van der Waals surface area contributed by atoms with Crippen molar-refractivity contribution < 1.29 is 27.8 Å². The SMILES string of the molecule is CC/C(=C\C(=O)O)c1ccc([C@H](OC)C(F)(F)F)c(N)c1. The summed E-state index contributed by atoms with van der Waals surface area (Å²) in [5.41, 5.74) is 6.32. The van der Waals surface area contributed by atoms with E-state index in [9.17, 15) is 18.0 Å². The van der Waals surface area contributed by atoms with Crippen molar-refractivity contribution in [2.24, 2.45) is 0 Å². The second-order valence-corrected chi connectivity index (χ2v) is 4.36. The van der Waals surface area contributed by atoms with Crippen LogP contribution in [0.5, 0.6) is 0 Å². The van der Waals surface area contributed by atoms with Crippen molar-refractivity contribution in [2.45, 2.75) is 25.6 Å².